The van der Waals surface area contributed by atoms with Gasteiger partial charge in [0.1, 0.15) is 0 Å². The molecule has 1 fully saturated rings. The zero-order chi connectivity index (χ0) is 14.7. The third-order valence-corrected chi connectivity index (χ3v) is 3.97. The minimum atomic E-state index is -0.0553. The summed E-state index contributed by atoms with van der Waals surface area (Å²) in [6.45, 7) is 5.72. The molecule has 1 aliphatic rings. The maximum atomic E-state index is 12.4. The second kappa shape index (κ2) is 6.07. The largest absolute Gasteiger partial charge is 0.322 e. The van der Waals surface area contributed by atoms with E-state index in [1.54, 1.807) is 24.3 Å². The number of urea groups is 1. The number of amides is 2. The van der Waals surface area contributed by atoms with Crippen LogP contribution in [-0.4, -0.2) is 28.8 Å². The van der Waals surface area contributed by atoms with E-state index in [1.807, 2.05) is 4.90 Å². The van der Waals surface area contributed by atoms with Crippen molar-refractivity contribution in [1.29, 1.82) is 0 Å². The lowest BCUT2D eigenvalue weighted by molar-refractivity contribution is 0.101. The summed E-state index contributed by atoms with van der Waals surface area (Å²) in [7, 11) is 0. The Morgan fingerprint density at radius 3 is 2.15 bits per heavy atom. The van der Waals surface area contributed by atoms with E-state index in [1.165, 1.54) is 13.3 Å². The third kappa shape index (κ3) is 3.18. The van der Waals surface area contributed by atoms with Crippen LogP contribution < -0.4 is 5.32 Å². The van der Waals surface area contributed by atoms with Gasteiger partial charge in [0.25, 0.3) is 0 Å². The smallest absolute Gasteiger partial charge is 0.319 e. The molecule has 0 unspecified atom stereocenters. The summed E-state index contributed by atoms with van der Waals surface area (Å²) < 4.78 is 0. The van der Waals surface area contributed by atoms with Crippen LogP contribution in [0.4, 0.5) is 10.5 Å². The molecule has 2 atom stereocenters. The van der Waals surface area contributed by atoms with E-state index in [2.05, 4.69) is 19.2 Å². The van der Waals surface area contributed by atoms with E-state index in [0.29, 0.717) is 5.56 Å². The Morgan fingerprint density at radius 1 is 1.10 bits per heavy atom. The first-order valence-corrected chi connectivity index (χ1v) is 7.19. The van der Waals surface area contributed by atoms with Crippen LogP contribution in [0, 0.1) is 0 Å². The number of likely N-dealkylation sites (tertiary alicyclic amines) is 1. The zero-order valence-corrected chi connectivity index (χ0v) is 12.3. The van der Waals surface area contributed by atoms with Gasteiger partial charge < -0.3 is 10.2 Å². The minimum Gasteiger partial charge on any atom is -0.319 e. The number of anilines is 1. The molecule has 1 saturated heterocycles. The van der Waals surface area contributed by atoms with E-state index in [9.17, 15) is 9.59 Å². The highest BCUT2D eigenvalue weighted by atomic mass is 16.2. The number of rotatable bonds is 2. The van der Waals surface area contributed by atoms with Crippen molar-refractivity contribution >= 4 is 17.5 Å². The van der Waals surface area contributed by atoms with Gasteiger partial charge in [-0.3, -0.25) is 4.79 Å². The van der Waals surface area contributed by atoms with Gasteiger partial charge in [-0.15, -0.1) is 0 Å². The Kier molecular flexibility index (Phi) is 4.42. The molecule has 0 bridgehead atoms. The number of benzene rings is 1. The molecule has 20 heavy (non-hydrogen) atoms. The fourth-order valence-corrected chi connectivity index (χ4v) is 2.80. The number of nitrogens with one attached hydrogen (secondary N) is 1. The van der Waals surface area contributed by atoms with Gasteiger partial charge in [-0.1, -0.05) is 0 Å². The molecule has 0 aromatic heterocycles. The number of piperidine rings is 1. The second-order valence-corrected chi connectivity index (χ2v) is 5.60. The van der Waals surface area contributed by atoms with Crippen LogP contribution in [0.1, 0.15) is 50.4 Å². The maximum Gasteiger partial charge on any atom is 0.322 e. The van der Waals surface area contributed by atoms with Crippen LogP contribution in [0.2, 0.25) is 0 Å². The molecular formula is C16H22N2O2. The molecule has 0 saturated carbocycles. The molecule has 1 aliphatic heterocycles. The summed E-state index contributed by atoms with van der Waals surface area (Å²) in [4.78, 5) is 25.5. The monoisotopic (exact) mass is 274 g/mol. The Morgan fingerprint density at radius 2 is 1.65 bits per heavy atom. The van der Waals surface area contributed by atoms with Crippen LogP contribution >= 0.6 is 0 Å². The first-order valence-electron chi connectivity index (χ1n) is 7.19. The molecule has 1 N–H and O–H groups in total. The summed E-state index contributed by atoms with van der Waals surface area (Å²) in [6, 6.07) is 7.51. The van der Waals surface area contributed by atoms with Gasteiger partial charge in [0.15, 0.2) is 5.78 Å². The maximum absolute atomic E-state index is 12.4. The van der Waals surface area contributed by atoms with Crippen LogP contribution in [0.25, 0.3) is 0 Å². The summed E-state index contributed by atoms with van der Waals surface area (Å²) in [6.07, 6.45) is 3.29. The van der Waals surface area contributed by atoms with Crippen molar-refractivity contribution in [1.82, 2.24) is 4.90 Å². The lowest BCUT2D eigenvalue weighted by atomic mass is 9.98. The van der Waals surface area contributed by atoms with Crippen molar-refractivity contribution in [3.8, 4) is 0 Å². The van der Waals surface area contributed by atoms with E-state index < -0.39 is 0 Å². The Balaban J connectivity index is 2.05. The van der Waals surface area contributed by atoms with E-state index in [4.69, 9.17) is 0 Å². The van der Waals surface area contributed by atoms with Gasteiger partial charge in [-0.05, 0) is 64.3 Å². The van der Waals surface area contributed by atoms with Gasteiger partial charge in [-0.25, -0.2) is 4.79 Å². The van der Waals surface area contributed by atoms with Crippen LogP contribution in [0.3, 0.4) is 0 Å². The van der Waals surface area contributed by atoms with Crippen molar-refractivity contribution < 1.29 is 9.59 Å². The molecule has 0 aliphatic carbocycles. The molecule has 4 nitrogen and oxygen atoms in total. The number of hydrogen-bond donors (Lipinski definition) is 1. The molecular weight excluding hydrogens is 252 g/mol. The van der Waals surface area contributed by atoms with Crippen molar-refractivity contribution in [2.24, 2.45) is 0 Å². The summed E-state index contributed by atoms with van der Waals surface area (Å²) in [5.74, 6) is 0.0288. The van der Waals surface area contributed by atoms with Crippen LogP contribution in [0.15, 0.2) is 24.3 Å². The normalized spacial score (nSPS) is 22.4. The fourth-order valence-electron chi connectivity index (χ4n) is 2.80. The lowest BCUT2D eigenvalue weighted by Gasteiger charge is -2.38. The molecule has 1 aromatic carbocycles. The van der Waals surface area contributed by atoms with Crippen molar-refractivity contribution in [3.63, 3.8) is 0 Å². The van der Waals surface area contributed by atoms with Crippen LogP contribution in [-0.2, 0) is 0 Å². The molecule has 4 heteroatoms. The van der Waals surface area contributed by atoms with E-state index in [-0.39, 0.29) is 23.9 Å². The molecule has 0 radical (unpaired) electrons. The zero-order valence-electron chi connectivity index (χ0n) is 12.3. The van der Waals surface area contributed by atoms with E-state index in [0.717, 1.165) is 18.5 Å². The number of Topliss-reactive ketones (excluding diaryl/α,β-unsaturated/α-hetero) is 1. The van der Waals surface area contributed by atoms with E-state index >= 15 is 0 Å². The lowest BCUT2D eigenvalue weighted by Crippen LogP contribution is -2.49. The van der Waals surface area contributed by atoms with Gasteiger partial charge in [0.05, 0.1) is 0 Å². The quantitative estimate of drug-likeness (QED) is 0.836. The van der Waals surface area contributed by atoms with Crippen LogP contribution in [0.5, 0.6) is 0 Å². The Bertz CT molecular complexity index is 486. The average Bonchev–Trinajstić information content (AvgIpc) is 2.39. The molecule has 1 aromatic rings. The number of hydrogen-bond acceptors (Lipinski definition) is 2. The molecule has 0 spiro atoms. The predicted molar refractivity (Wildman–Crippen MR) is 80.1 cm³/mol. The minimum absolute atomic E-state index is 0.0288. The highest BCUT2D eigenvalue weighted by Gasteiger charge is 2.28. The highest BCUT2D eigenvalue weighted by Crippen LogP contribution is 2.23. The number of carbonyl (C=O) groups is 2. The predicted octanol–water partition coefficient (Wildman–Crippen LogP) is 3.68. The number of ketones is 1. The number of carbonyl (C=O) groups excluding carboxylic acids is 2. The first-order chi connectivity index (χ1) is 9.49. The first kappa shape index (κ1) is 14.6. The van der Waals surface area contributed by atoms with Crippen molar-refractivity contribution in [2.75, 3.05) is 5.32 Å². The SMILES string of the molecule is CC(=O)c1ccc(NC(=O)N2[C@H](C)CCC[C@H]2C)cc1. The fraction of sp³-hybridized carbons (Fsp3) is 0.500. The molecule has 2 rings (SSSR count). The average molecular weight is 274 g/mol. The molecule has 108 valence electrons. The van der Waals surface area contributed by atoms with Crippen molar-refractivity contribution in [2.45, 2.75) is 52.1 Å². The summed E-state index contributed by atoms with van der Waals surface area (Å²) >= 11 is 0. The van der Waals surface area contributed by atoms with Crippen molar-refractivity contribution in [3.05, 3.63) is 29.8 Å². The van der Waals surface area contributed by atoms with Gasteiger partial charge in [0, 0.05) is 23.3 Å². The molecule has 2 amide bonds. The molecule has 1 heterocycles. The van der Waals surface area contributed by atoms with Gasteiger partial charge in [-0.2, -0.15) is 0 Å². The van der Waals surface area contributed by atoms with Gasteiger partial charge >= 0.3 is 6.03 Å². The highest BCUT2D eigenvalue weighted by molar-refractivity contribution is 5.95. The summed E-state index contributed by atoms with van der Waals surface area (Å²) in [5.41, 5.74) is 1.38. The standard InChI is InChI=1S/C16H22N2O2/c1-11-5-4-6-12(2)18(11)16(20)17-15-9-7-14(8-10-15)13(3)19/h7-12H,4-6H2,1-3H3,(H,17,20)/t11-,12-/m1/s1. The second-order valence-electron chi connectivity index (χ2n) is 5.60. The Labute approximate surface area is 120 Å². The summed E-state index contributed by atoms with van der Waals surface area (Å²) in [5, 5.41) is 2.91. The topological polar surface area (TPSA) is 49.4 Å². The number of nitrogens with zero attached hydrogens (tertiary/aromatic N) is 1. The third-order valence-electron chi connectivity index (χ3n) is 3.97. The Hall–Kier alpha value is -1.84. The van der Waals surface area contributed by atoms with Gasteiger partial charge in [0.2, 0.25) is 0 Å².